The molecule has 4 heteroatoms. The SMILES string of the molecule is O=C(CC1=CCCCC1)N1CCOc2ccc([C@H](O)CCc3ccccc3)cc2C1. The highest BCUT2D eigenvalue weighted by Gasteiger charge is 2.22. The fourth-order valence-electron chi connectivity index (χ4n) is 4.32. The van der Waals surface area contributed by atoms with E-state index in [0.29, 0.717) is 32.5 Å². The molecule has 1 aliphatic carbocycles. The third kappa shape index (κ3) is 5.31. The number of fused-ring (bicyclic) bond motifs is 1. The van der Waals surface area contributed by atoms with Gasteiger partial charge >= 0.3 is 0 Å². The second-order valence-corrected chi connectivity index (χ2v) is 8.36. The van der Waals surface area contributed by atoms with Crippen LogP contribution in [0.5, 0.6) is 5.75 Å². The highest BCUT2D eigenvalue weighted by atomic mass is 16.5. The summed E-state index contributed by atoms with van der Waals surface area (Å²) in [5.41, 5.74) is 4.37. The van der Waals surface area contributed by atoms with Crippen molar-refractivity contribution in [1.29, 1.82) is 0 Å². The van der Waals surface area contributed by atoms with Crippen LogP contribution >= 0.6 is 0 Å². The van der Waals surface area contributed by atoms with Crippen LogP contribution in [-0.4, -0.2) is 29.1 Å². The molecular weight excluding hydrogens is 374 g/mol. The van der Waals surface area contributed by atoms with E-state index in [1.54, 1.807) is 0 Å². The summed E-state index contributed by atoms with van der Waals surface area (Å²) in [6.07, 6.45) is 8.29. The Balaban J connectivity index is 1.41. The lowest BCUT2D eigenvalue weighted by molar-refractivity contribution is -0.131. The smallest absolute Gasteiger partial charge is 0.227 e. The Morgan fingerprint density at radius 3 is 2.80 bits per heavy atom. The van der Waals surface area contributed by atoms with E-state index in [4.69, 9.17) is 4.74 Å². The minimum atomic E-state index is -0.532. The number of nitrogens with zero attached hydrogens (tertiary/aromatic N) is 1. The summed E-state index contributed by atoms with van der Waals surface area (Å²) >= 11 is 0. The van der Waals surface area contributed by atoms with Gasteiger partial charge in [-0.1, -0.05) is 48.0 Å². The first kappa shape index (κ1) is 20.7. The molecule has 158 valence electrons. The van der Waals surface area contributed by atoms with Crippen molar-refractivity contribution in [2.45, 2.75) is 57.6 Å². The molecule has 0 spiro atoms. The summed E-state index contributed by atoms with van der Waals surface area (Å²) in [6, 6.07) is 16.1. The molecule has 4 nitrogen and oxygen atoms in total. The van der Waals surface area contributed by atoms with Crippen molar-refractivity contribution >= 4 is 5.91 Å². The predicted molar refractivity (Wildman–Crippen MR) is 118 cm³/mol. The van der Waals surface area contributed by atoms with Crippen LogP contribution in [0.25, 0.3) is 0 Å². The maximum absolute atomic E-state index is 12.9. The Bertz CT molecular complexity index is 890. The Morgan fingerprint density at radius 2 is 2.00 bits per heavy atom. The number of hydrogen-bond donors (Lipinski definition) is 1. The van der Waals surface area contributed by atoms with Gasteiger partial charge in [-0.15, -0.1) is 0 Å². The summed E-state index contributed by atoms with van der Waals surface area (Å²) < 4.78 is 5.89. The Hall–Kier alpha value is -2.59. The van der Waals surface area contributed by atoms with Gasteiger partial charge in [0.1, 0.15) is 12.4 Å². The van der Waals surface area contributed by atoms with Gasteiger partial charge in [0.05, 0.1) is 12.6 Å². The monoisotopic (exact) mass is 405 g/mol. The van der Waals surface area contributed by atoms with Gasteiger partial charge in [-0.25, -0.2) is 0 Å². The molecular formula is C26H31NO3. The number of aliphatic hydroxyl groups is 1. The molecule has 4 rings (SSSR count). The van der Waals surface area contributed by atoms with E-state index in [2.05, 4.69) is 18.2 Å². The van der Waals surface area contributed by atoms with Gasteiger partial charge in [0.2, 0.25) is 5.91 Å². The van der Waals surface area contributed by atoms with E-state index in [1.807, 2.05) is 41.3 Å². The van der Waals surface area contributed by atoms with E-state index in [9.17, 15) is 9.90 Å². The average Bonchev–Trinajstić information content (AvgIpc) is 3.01. The number of allylic oxidation sites excluding steroid dienone is 1. The van der Waals surface area contributed by atoms with E-state index in [0.717, 1.165) is 36.1 Å². The van der Waals surface area contributed by atoms with Crippen molar-refractivity contribution in [3.05, 3.63) is 76.9 Å². The molecule has 0 unspecified atom stereocenters. The van der Waals surface area contributed by atoms with Crippen LogP contribution in [0.2, 0.25) is 0 Å². The minimum Gasteiger partial charge on any atom is -0.491 e. The van der Waals surface area contributed by atoms with Crippen molar-refractivity contribution in [1.82, 2.24) is 4.90 Å². The number of carbonyl (C=O) groups excluding carboxylic acids is 1. The molecule has 0 fully saturated rings. The Morgan fingerprint density at radius 1 is 1.13 bits per heavy atom. The van der Waals surface area contributed by atoms with Gasteiger partial charge in [-0.3, -0.25) is 4.79 Å². The van der Waals surface area contributed by atoms with E-state index >= 15 is 0 Å². The maximum atomic E-state index is 12.9. The molecule has 1 atom stereocenters. The Kier molecular flexibility index (Phi) is 6.85. The van der Waals surface area contributed by atoms with Crippen molar-refractivity contribution in [2.75, 3.05) is 13.2 Å². The van der Waals surface area contributed by atoms with Crippen LogP contribution in [0.3, 0.4) is 0 Å². The largest absolute Gasteiger partial charge is 0.491 e. The van der Waals surface area contributed by atoms with Gasteiger partial charge in [-0.05, 0) is 61.8 Å². The topological polar surface area (TPSA) is 49.8 Å². The lowest BCUT2D eigenvalue weighted by Crippen LogP contribution is -2.32. The third-order valence-electron chi connectivity index (χ3n) is 6.11. The lowest BCUT2D eigenvalue weighted by Gasteiger charge is -2.22. The molecule has 0 saturated carbocycles. The van der Waals surface area contributed by atoms with Crippen LogP contribution in [0.4, 0.5) is 0 Å². The first-order chi connectivity index (χ1) is 14.7. The van der Waals surface area contributed by atoms with Gasteiger partial charge < -0.3 is 14.7 Å². The zero-order valence-corrected chi connectivity index (χ0v) is 17.6. The second-order valence-electron chi connectivity index (χ2n) is 8.36. The van der Waals surface area contributed by atoms with Crippen LogP contribution < -0.4 is 4.74 Å². The number of hydrogen-bond acceptors (Lipinski definition) is 3. The highest BCUT2D eigenvalue weighted by Crippen LogP contribution is 2.29. The molecule has 1 heterocycles. The third-order valence-corrected chi connectivity index (χ3v) is 6.11. The number of ether oxygens (including phenoxy) is 1. The summed E-state index contributed by atoms with van der Waals surface area (Å²) in [7, 11) is 0. The molecule has 0 aromatic heterocycles. The van der Waals surface area contributed by atoms with Crippen molar-refractivity contribution in [3.8, 4) is 5.75 Å². The predicted octanol–water partition coefficient (Wildman–Crippen LogP) is 4.96. The fraction of sp³-hybridized carbons (Fsp3) is 0.423. The first-order valence-corrected chi connectivity index (χ1v) is 11.1. The number of aliphatic hydroxyl groups excluding tert-OH is 1. The van der Waals surface area contributed by atoms with E-state index in [1.165, 1.54) is 24.0 Å². The second kappa shape index (κ2) is 9.94. The quantitative estimate of drug-likeness (QED) is 0.691. The van der Waals surface area contributed by atoms with Crippen LogP contribution in [0.15, 0.2) is 60.2 Å². The number of amides is 1. The van der Waals surface area contributed by atoms with Crippen LogP contribution in [-0.2, 0) is 17.8 Å². The van der Waals surface area contributed by atoms with Gasteiger partial charge in [0.15, 0.2) is 0 Å². The molecule has 2 aliphatic rings. The summed E-state index contributed by atoms with van der Waals surface area (Å²) in [4.78, 5) is 14.8. The first-order valence-electron chi connectivity index (χ1n) is 11.1. The molecule has 1 N–H and O–H groups in total. The normalized spacial score (nSPS) is 17.4. The molecule has 0 bridgehead atoms. The highest BCUT2D eigenvalue weighted by molar-refractivity contribution is 5.79. The van der Waals surface area contributed by atoms with Crippen LogP contribution in [0.1, 0.15) is 61.3 Å². The van der Waals surface area contributed by atoms with Crippen molar-refractivity contribution in [2.24, 2.45) is 0 Å². The maximum Gasteiger partial charge on any atom is 0.227 e. The zero-order valence-electron chi connectivity index (χ0n) is 17.6. The fourth-order valence-corrected chi connectivity index (χ4v) is 4.32. The van der Waals surface area contributed by atoms with E-state index in [-0.39, 0.29) is 5.91 Å². The van der Waals surface area contributed by atoms with Crippen molar-refractivity contribution in [3.63, 3.8) is 0 Å². The molecule has 2 aromatic carbocycles. The van der Waals surface area contributed by atoms with Gasteiger partial charge in [-0.2, -0.15) is 0 Å². The minimum absolute atomic E-state index is 0.176. The summed E-state index contributed by atoms with van der Waals surface area (Å²) in [6.45, 7) is 1.65. The molecule has 1 amide bonds. The standard InChI is InChI=1S/C26H31NO3/c28-24(13-11-20-7-3-1-4-8-20)22-12-14-25-23(18-22)19-27(15-16-30-25)26(29)17-21-9-5-2-6-10-21/h1,3-4,7-9,12,14,18,24,28H,2,5-6,10-11,13,15-17,19H2/t24-/m1/s1. The summed E-state index contributed by atoms with van der Waals surface area (Å²) in [5, 5.41) is 10.7. The molecule has 0 saturated heterocycles. The number of rotatable bonds is 6. The van der Waals surface area contributed by atoms with Crippen molar-refractivity contribution < 1.29 is 14.6 Å². The van der Waals surface area contributed by atoms with Gasteiger partial charge in [0, 0.05) is 18.5 Å². The number of carbonyl (C=O) groups is 1. The molecule has 1 aliphatic heterocycles. The average molecular weight is 406 g/mol. The number of benzene rings is 2. The van der Waals surface area contributed by atoms with Gasteiger partial charge in [0.25, 0.3) is 0 Å². The molecule has 2 aromatic rings. The van der Waals surface area contributed by atoms with Crippen LogP contribution in [0, 0.1) is 0 Å². The zero-order chi connectivity index (χ0) is 20.8. The Labute approximate surface area is 179 Å². The number of aryl methyl sites for hydroxylation is 1. The molecule has 30 heavy (non-hydrogen) atoms. The lowest BCUT2D eigenvalue weighted by atomic mass is 9.96. The molecule has 0 radical (unpaired) electrons. The van der Waals surface area contributed by atoms with E-state index < -0.39 is 6.10 Å². The summed E-state index contributed by atoms with van der Waals surface area (Å²) in [5.74, 6) is 0.996.